The van der Waals surface area contributed by atoms with Crippen molar-refractivity contribution >= 4 is 17.5 Å². The molecule has 0 spiro atoms. The molecule has 0 bridgehead atoms. The van der Waals surface area contributed by atoms with E-state index in [4.69, 9.17) is 13.9 Å². The third kappa shape index (κ3) is 4.20. The number of aromatic nitrogens is 2. The van der Waals surface area contributed by atoms with Crippen molar-refractivity contribution in [2.24, 2.45) is 0 Å². The highest BCUT2D eigenvalue weighted by Crippen LogP contribution is 2.33. The van der Waals surface area contributed by atoms with E-state index in [1.54, 1.807) is 26.4 Å². The fraction of sp³-hybridized carbons (Fsp3) is 0.286. The van der Waals surface area contributed by atoms with Crippen molar-refractivity contribution in [3.63, 3.8) is 0 Å². The number of Topliss-reactive ketones (excluding diaryl/α,β-unsaturated/α-hetero) is 1. The summed E-state index contributed by atoms with van der Waals surface area (Å²) in [5, 5.41) is 8.14. The summed E-state index contributed by atoms with van der Waals surface area (Å²) in [6, 6.07) is 11.1. The first-order chi connectivity index (χ1) is 13.4. The fourth-order valence-corrected chi connectivity index (χ4v) is 3.44. The number of ketones is 1. The molecule has 1 aromatic heterocycles. The number of ether oxygens (including phenoxy) is 2. The maximum Gasteiger partial charge on any atom is 0.277 e. The zero-order valence-corrected chi connectivity index (χ0v) is 17.3. The van der Waals surface area contributed by atoms with Crippen LogP contribution in [-0.4, -0.2) is 35.5 Å². The number of aryl methyl sites for hydroxylation is 2. The molecule has 0 amide bonds. The van der Waals surface area contributed by atoms with Gasteiger partial charge in [-0.05, 0) is 56.2 Å². The van der Waals surface area contributed by atoms with Gasteiger partial charge in [-0.1, -0.05) is 23.9 Å². The Hall–Kier alpha value is -2.80. The molecule has 0 unspecified atom stereocenters. The van der Waals surface area contributed by atoms with Crippen LogP contribution in [0.1, 0.15) is 28.4 Å². The molecule has 6 nitrogen and oxygen atoms in total. The van der Waals surface area contributed by atoms with E-state index < -0.39 is 0 Å². The van der Waals surface area contributed by atoms with Crippen LogP contribution in [0, 0.1) is 13.8 Å². The van der Waals surface area contributed by atoms with Gasteiger partial charge in [0.05, 0.1) is 19.5 Å². The number of carbonyl (C=O) groups is 1. The highest BCUT2D eigenvalue weighted by atomic mass is 32.2. The van der Waals surface area contributed by atoms with Crippen molar-refractivity contribution in [1.82, 2.24) is 10.2 Å². The monoisotopic (exact) mass is 398 g/mol. The van der Waals surface area contributed by atoms with E-state index in [1.165, 1.54) is 11.8 Å². The number of carbonyl (C=O) groups excluding carboxylic acids is 1. The third-order valence-electron chi connectivity index (χ3n) is 4.48. The summed E-state index contributed by atoms with van der Waals surface area (Å²) in [6.07, 6.45) is 0. The summed E-state index contributed by atoms with van der Waals surface area (Å²) in [6.45, 7) is 5.86. The van der Waals surface area contributed by atoms with Gasteiger partial charge in [0.15, 0.2) is 17.3 Å². The molecule has 0 aliphatic rings. The van der Waals surface area contributed by atoms with Crippen LogP contribution in [-0.2, 0) is 0 Å². The maximum absolute atomic E-state index is 12.7. The standard InChI is InChI=1S/C21H22N2O4S/c1-12-6-7-15(10-13(12)2)19(24)14(3)28-21-23-22-20(27-21)16-8-9-17(25-4)18(11-16)26-5/h6-11,14H,1-5H3/t14-/m0/s1. The molecule has 0 saturated carbocycles. The van der Waals surface area contributed by atoms with Crippen molar-refractivity contribution in [3.8, 4) is 23.0 Å². The molecule has 0 fully saturated rings. The number of benzene rings is 2. The topological polar surface area (TPSA) is 74.5 Å². The fourth-order valence-electron chi connectivity index (χ4n) is 2.68. The van der Waals surface area contributed by atoms with Crippen LogP contribution in [0.2, 0.25) is 0 Å². The minimum Gasteiger partial charge on any atom is -0.493 e. The van der Waals surface area contributed by atoms with Gasteiger partial charge in [-0.2, -0.15) is 0 Å². The van der Waals surface area contributed by atoms with Crippen molar-refractivity contribution in [2.45, 2.75) is 31.2 Å². The van der Waals surface area contributed by atoms with Crippen molar-refractivity contribution in [3.05, 3.63) is 53.1 Å². The normalized spacial score (nSPS) is 11.9. The smallest absolute Gasteiger partial charge is 0.277 e. The van der Waals surface area contributed by atoms with Gasteiger partial charge in [0.25, 0.3) is 5.22 Å². The van der Waals surface area contributed by atoms with Crippen molar-refractivity contribution in [1.29, 1.82) is 0 Å². The van der Waals surface area contributed by atoms with E-state index in [-0.39, 0.29) is 11.0 Å². The van der Waals surface area contributed by atoms with Crippen molar-refractivity contribution in [2.75, 3.05) is 14.2 Å². The van der Waals surface area contributed by atoms with E-state index >= 15 is 0 Å². The van der Waals surface area contributed by atoms with E-state index in [1.807, 2.05) is 45.0 Å². The lowest BCUT2D eigenvalue weighted by molar-refractivity contribution is 0.0993. The zero-order valence-electron chi connectivity index (χ0n) is 16.5. The van der Waals surface area contributed by atoms with Gasteiger partial charge in [-0.15, -0.1) is 10.2 Å². The average Bonchev–Trinajstić information content (AvgIpc) is 3.17. The molecule has 28 heavy (non-hydrogen) atoms. The minimum absolute atomic E-state index is 0.0268. The van der Waals surface area contributed by atoms with E-state index in [0.29, 0.717) is 33.7 Å². The average molecular weight is 398 g/mol. The number of methoxy groups -OCH3 is 2. The highest BCUT2D eigenvalue weighted by Gasteiger charge is 2.21. The lowest BCUT2D eigenvalue weighted by Crippen LogP contribution is -2.13. The summed E-state index contributed by atoms with van der Waals surface area (Å²) >= 11 is 1.24. The van der Waals surface area contributed by atoms with Crippen LogP contribution in [0.5, 0.6) is 11.5 Å². The highest BCUT2D eigenvalue weighted by molar-refractivity contribution is 8.00. The van der Waals surface area contributed by atoms with Gasteiger partial charge in [0, 0.05) is 11.1 Å². The number of thioether (sulfide) groups is 1. The summed E-state index contributed by atoms with van der Waals surface area (Å²) < 4.78 is 16.3. The minimum atomic E-state index is -0.346. The van der Waals surface area contributed by atoms with Gasteiger partial charge < -0.3 is 13.9 Å². The van der Waals surface area contributed by atoms with E-state index in [0.717, 1.165) is 11.1 Å². The second-order valence-electron chi connectivity index (χ2n) is 6.37. The molecule has 0 N–H and O–H groups in total. The first-order valence-electron chi connectivity index (χ1n) is 8.77. The predicted molar refractivity (Wildman–Crippen MR) is 108 cm³/mol. The predicted octanol–water partition coefficient (Wildman–Crippen LogP) is 4.73. The first kappa shape index (κ1) is 19.9. The molecule has 7 heteroatoms. The van der Waals surface area contributed by atoms with Crippen LogP contribution in [0.3, 0.4) is 0 Å². The molecular formula is C21H22N2O4S. The third-order valence-corrected chi connectivity index (χ3v) is 5.41. The maximum atomic E-state index is 12.7. The molecule has 0 aliphatic heterocycles. The SMILES string of the molecule is COc1ccc(-c2nnc(S[C@@H](C)C(=O)c3ccc(C)c(C)c3)o2)cc1OC. The molecule has 0 radical (unpaired) electrons. The Morgan fingerprint density at radius 1 is 1.00 bits per heavy atom. The lowest BCUT2D eigenvalue weighted by atomic mass is 10.0. The summed E-state index contributed by atoms with van der Waals surface area (Å²) in [5.74, 6) is 1.58. The van der Waals surface area contributed by atoms with Gasteiger partial charge in [-0.3, -0.25) is 4.79 Å². The Morgan fingerprint density at radius 2 is 1.75 bits per heavy atom. The van der Waals surface area contributed by atoms with E-state index in [2.05, 4.69) is 10.2 Å². The Labute approximate surface area is 168 Å². The van der Waals surface area contributed by atoms with Gasteiger partial charge in [0.2, 0.25) is 5.89 Å². The van der Waals surface area contributed by atoms with Crippen LogP contribution in [0.15, 0.2) is 46.0 Å². The second kappa shape index (κ2) is 8.48. The molecule has 3 rings (SSSR count). The van der Waals surface area contributed by atoms with Gasteiger partial charge >= 0.3 is 0 Å². The number of hydrogen-bond acceptors (Lipinski definition) is 7. The quantitative estimate of drug-likeness (QED) is 0.420. The Kier molecular flexibility index (Phi) is 6.04. The molecular weight excluding hydrogens is 376 g/mol. The molecule has 1 atom stereocenters. The Bertz CT molecular complexity index is 1000. The van der Waals surface area contributed by atoms with Crippen LogP contribution in [0.25, 0.3) is 11.5 Å². The number of hydrogen-bond donors (Lipinski definition) is 0. The first-order valence-corrected chi connectivity index (χ1v) is 9.65. The molecule has 146 valence electrons. The van der Waals surface area contributed by atoms with E-state index in [9.17, 15) is 4.79 Å². The molecule has 1 heterocycles. The second-order valence-corrected chi connectivity index (χ2v) is 7.66. The molecule has 0 aliphatic carbocycles. The van der Waals surface area contributed by atoms with Crippen LogP contribution < -0.4 is 9.47 Å². The number of nitrogens with zero attached hydrogens (tertiary/aromatic N) is 2. The Morgan fingerprint density at radius 3 is 2.43 bits per heavy atom. The molecule has 0 saturated heterocycles. The largest absolute Gasteiger partial charge is 0.493 e. The van der Waals surface area contributed by atoms with Gasteiger partial charge in [-0.25, -0.2) is 0 Å². The molecule has 2 aromatic carbocycles. The summed E-state index contributed by atoms with van der Waals surface area (Å²) in [4.78, 5) is 12.7. The lowest BCUT2D eigenvalue weighted by Gasteiger charge is -2.09. The van der Waals surface area contributed by atoms with Crippen LogP contribution >= 0.6 is 11.8 Å². The number of rotatable bonds is 7. The summed E-state index contributed by atoms with van der Waals surface area (Å²) in [7, 11) is 3.14. The summed E-state index contributed by atoms with van der Waals surface area (Å²) in [5.41, 5.74) is 3.65. The van der Waals surface area contributed by atoms with Crippen LogP contribution in [0.4, 0.5) is 0 Å². The molecule has 3 aromatic rings. The van der Waals surface area contributed by atoms with Gasteiger partial charge in [0.1, 0.15) is 0 Å². The zero-order chi connectivity index (χ0) is 20.3. The Balaban J connectivity index is 1.75. The van der Waals surface area contributed by atoms with Crippen molar-refractivity contribution < 1.29 is 18.7 Å².